The average molecular weight is 209 g/mol. The molecule has 0 aromatic carbocycles. The molecule has 0 saturated carbocycles. The number of hydrogen-bond donors (Lipinski definition) is 1. The van der Waals surface area contributed by atoms with Crippen molar-refractivity contribution in [3.63, 3.8) is 0 Å². The Kier molecular flexibility index (Phi) is 3.38. The van der Waals surface area contributed by atoms with Crippen LogP contribution < -0.4 is 0 Å². The van der Waals surface area contributed by atoms with Crippen LogP contribution in [0.1, 0.15) is 25.6 Å². The minimum absolute atomic E-state index is 0.184. The van der Waals surface area contributed by atoms with Gasteiger partial charge in [0.15, 0.2) is 0 Å². The molecule has 2 heterocycles. The predicted molar refractivity (Wildman–Crippen MR) is 58.4 cm³/mol. The standard InChI is InChI=1S/C11H19N3O/c1-2-3-10(15)8-13-6-7-14-5-4-12-11(14)9-13/h4-5,10,15H,2-3,6-9H2,1H3. The number of β-amino-alcohol motifs (C(OH)–C–C–N with tert-alkyl or cyclic N) is 1. The molecule has 0 saturated heterocycles. The van der Waals surface area contributed by atoms with Crippen LogP contribution in [0.15, 0.2) is 12.4 Å². The molecule has 0 radical (unpaired) electrons. The normalized spacial score (nSPS) is 18.8. The van der Waals surface area contributed by atoms with E-state index in [1.54, 1.807) is 0 Å². The van der Waals surface area contributed by atoms with Crippen LogP contribution >= 0.6 is 0 Å². The maximum absolute atomic E-state index is 9.73. The second kappa shape index (κ2) is 4.77. The fraction of sp³-hybridized carbons (Fsp3) is 0.727. The smallest absolute Gasteiger partial charge is 0.122 e. The lowest BCUT2D eigenvalue weighted by Crippen LogP contribution is -2.38. The first-order valence-corrected chi connectivity index (χ1v) is 5.70. The van der Waals surface area contributed by atoms with Gasteiger partial charge in [-0.1, -0.05) is 13.3 Å². The molecule has 0 fully saturated rings. The molecule has 2 rings (SSSR count). The fourth-order valence-corrected chi connectivity index (χ4v) is 2.10. The van der Waals surface area contributed by atoms with Crippen molar-refractivity contribution in [3.05, 3.63) is 18.2 Å². The Morgan fingerprint density at radius 1 is 1.53 bits per heavy atom. The lowest BCUT2D eigenvalue weighted by molar-refractivity contribution is 0.0895. The molecule has 0 spiro atoms. The van der Waals surface area contributed by atoms with Gasteiger partial charge in [0.1, 0.15) is 5.82 Å². The predicted octanol–water partition coefficient (Wildman–Crippen LogP) is 0.860. The van der Waals surface area contributed by atoms with E-state index in [1.165, 1.54) is 0 Å². The van der Waals surface area contributed by atoms with Gasteiger partial charge >= 0.3 is 0 Å². The first-order valence-electron chi connectivity index (χ1n) is 5.70. The number of imidazole rings is 1. The molecular formula is C11H19N3O. The Balaban J connectivity index is 1.87. The van der Waals surface area contributed by atoms with Gasteiger partial charge in [0.05, 0.1) is 12.6 Å². The summed E-state index contributed by atoms with van der Waals surface area (Å²) in [6.07, 6.45) is 5.63. The van der Waals surface area contributed by atoms with Crippen molar-refractivity contribution in [2.24, 2.45) is 0 Å². The number of aliphatic hydroxyl groups excluding tert-OH is 1. The lowest BCUT2D eigenvalue weighted by Gasteiger charge is -2.29. The summed E-state index contributed by atoms with van der Waals surface area (Å²) >= 11 is 0. The summed E-state index contributed by atoms with van der Waals surface area (Å²) < 4.78 is 2.18. The molecule has 1 atom stereocenters. The van der Waals surface area contributed by atoms with E-state index < -0.39 is 0 Å². The summed E-state index contributed by atoms with van der Waals surface area (Å²) in [5, 5.41) is 9.73. The van der Waals surface area contributed by atoms with E-state index in [9.17, 15) is 5.11 Å². The van der Waals surface area contributed by atoms with Crippen molar-refractivity contribution in [2.75, 3.05) is 13.1 Å². The third kappa shape index (κ3) is 2.58. The van der Waals surface area contributed by atoms with E-state index in [4.69, 9.17) is 0 Å². The lowest BCUT2D eigenvalue weighted by atomic mass is 10.2. The molecule has 1 unspecified atom stereocenters. The van der Waals surface area contributed by atoms with Crippen molar-refractivity contribution in [2.45, 2.75) is 39.0 Å². The molecule has 0 amide bonds. The van der Waals surface area contributed by atoms with Gasteiger partial charge in [-0.3, -0.25) is 4.90 Å². The van der Waals surface area contributed by atoms with Gasteiger partial charge in [0.25, 0.3) is 0 Å². The zero-order valence-electron chi connectivity index (χ0n) is 9.26. The molecular weight excluding hydrogens is 190 g/mol. The highest BCUT2D eigenvalue weighted by Crippen LogP contribution is 2.11. The van der Waals surface area contributed by atoms with Crippen LogP contribution in [0.4, 0.5) is 0 Å². The molecule has 4 nitrogen and oxygen atoms in total. The molecule has 15 heavy (non-hydrogen) atoms. The summed E-state index contributed by atoms with van der Waals surface area (Å²) in [4.78, 5) is 6.58. The van der Waals surface area contributed by atoms with E-state index in [-0.39, 0.29) is 6.10 Å². The third-order valence-corrected chi connectivity index (χ3v) is 2.91. The van der Waals surface area contributed by atoms with Crippen molar-refractivity contribution >= 4 is 0 Å². The zero-order chi connectivity index (χ0) is 10.7. The van der Waals surface area contributed by atoms with Gasteiger partial charge < -0.3 is 9.67 Å². The van der Waals surface area contributed by atoms with Gasteiger partial charge in [0.2, 0.25) is 0 Å². The highest BCUT2D eigenvalue weighted by molar-refractivity contribution is 4.95. The largest absolute Gasteiger partial charge is 0.392 e. The molecule has 4 heteroatoms. The van der Waals surface area contributed by atoms with E-state index in [0.29, 0.717) is 0 Å². The fourth-order valence-electron chi connectivity index (χ4n) is 2.10. The maximum atomic E-state index is 9.73. The van der Waals surface area contributed by atoms with Gasteiger partial charge in [0, 0.05) is 32.0 Å². The van der Waals surface area contributed by atoms with Crippen LogP contribution in [0.3, 0.4) is 0 Å². The second-order valence-electron chi connectivity index (χ2n) is 4.21. The quantitative estimate of drug-likeness (QED) is 0.799. The van der Waals surface area contributed by atoms with Gasteiger partial charge in [-0.2, -0.15) is 0 Å². The van der Waals surface area contributed by atoms with Crippen molar-refractivity contribution in [1.29, 1.82) is 0 Å². The Morgan fingerprint density at radius 3 is 3.20 bits per heavy atom. The molecule has 1 aliphatic heterocycles. The van der Waals surface area contributed by atoms with Crippen LogP contribution in [-0.4, -0.2) is 38.8 Å². The highest BCUT2D eigenvalue weighted by Gasteiger charge is 2.18. The zero-order valence-corrected chi connectivity index (χ0v) is 9.26. The van der Waals surface area contributed by atoms with Gasteiger partial charge in [-0.15, -0.1) is 0 Å². The molecule has 1 aliphatic rings. The second-order valence-corrected chi connectivity index (χ2v) is 4.21. The first-order chi connectivity index (χ1) is 7.29. The number of nitrogens with zero attached hydrogens (tertiary/aromatic N) is 3. The summed E-state index contributed by atoms with van der Waals surface area (Å²) in [5.74, 6) is 1.12. The topological polar surface area (TPSA) is 41.3 Å². The van der Waals surface area contributed by atoms with Crippen LogP contribution in [0.5, 0.6) is 0 Å². The number of fused-ring (bicyclic) bond motifs is 1. The minimum atomic E-state index is -0.184. The summed E-state index contributed by atoms with van der Waals surface area (Å²) in [5.41, 5.74) is 0. The SMILES string of the molecule is CCCC(O)CN1CCn2ccnc2C1. The van der Waals surface area contributed by atoms with Crippen LogP contribution in [0, 0.1) is 0 Å². The Labute approximate surface area is 90.5 Å². The monoisotopic (exact) mass is 209 g/mol. The molecule has 1 N–H and O–H groups in total. The molecule has 1 aromatic heterocycles. The van der Waals surface area contributed by atoms with Crippen molar-refractivity contribution in [3.8, 4) is 0 Å². The molecule has 84 valence electrons. The van der Waals surface area contributed by atoms with Crippen LogP contribution in [-0.2, 0) is 13.1 Å². The number of hydrogen-bond acceptors (Lipinski definition) is 3. The van der Waals surface area contributed by atoms with E-state index in [2.05, 4.69) is 21.4 Å². The number of aromatic nitrogens is 2. The molecule has 1 aromatic rings. The molecule has 0 aliphatic carbocycles. The van der Waals surface area contributed by atoms with E-state index >= 15 is 0 Å². The van der Waals surface area contributed by atoms with Gasteiger partial charge in [-0.05, 0) is 6.42 Å². The summed E-state index contributed by atoms with van der Waals surface area (Å²) in [7, 11) is 0. The Hall–Kier alpha value is -0.870. The Morgan fingerprint density at radius 2 is 2.40 bits per heavy atom. The van der Waals surface area contributed by atoms with E-state index in [1.807, 2.05) is 12.4 Å². The van der Waals surface area contributed by atoms with Crippen molar-refractivity contribution < 1.29 is 5.11 Å². The molecule has 0 bridgehead atoms. The van der Waals surface area contributed by atoms with Crippen LogP contribution in [0.25, 0.3) is 0 Å². The van der Waals surface area contributed by atoms with Gasteiger partial charge in [-0.25, -0.2) is 4.98 Å². The number of aliphatic hydroxyl groups is 1. The summed E-state index contributed by atoms with van der Waals surface area (Å²) in [6.45, 7) is 5.76. The maximum Gasteiger partial charge on any atom is 0.122 e. The average Bonchev–Trinajstić information content (AvgIpc) is 2.65. The number of rotatable bonds is 4. The first kappa shape index (κ1) is 10.6. The van der Waals surface area contributed by atoms with Crippen LogP contribution in [0.2, 0.25) is 0 Å². The van der Waals surface area contributed by atoms with Crippen molar-refractivity contribution in [1.82, 2.24) is 14.5 Å². The van der Waals surface area contributed by atoms with E-state index in [0.717, 1.165) is 44.8 Å². The minimum Gasteiger partial charge on any atom is -0.392 e. The highest BCUT2D eigenvalue weighted by atomic mass is 16.3. The third-order valence-electron chi connectivity index (χ3n) is 2.91. The summed E-state index contributed by atoms with van der Waals surface area (Å²) in [6, 6.07) is 0. The Bertz CT molecular complexity index is 311.